The van der Waals surface area contributed by atoms with Crippen LogP contribution in [0.4, 0.5) is 0 Å². The summed E-state index contributed by atoms with van der Waals surface area (Å²) in [4.78, 5) is 80.8. The minimum Gasteiger partial charge on any atom is -0.342 e. The summed E-state index contributed by atoms with van der Waals surface area (Å²) in [7, 11) is -3.84. The standard InChI is InChI=1S/C40H61N7O7S/c1-7-26-20-40(26,37(52)46-55(53,54)28-16-17-28)45-34(49)30-21-39(24(2)3,27-14-11-15-27)23-47(30)36(51)32(38(4,5)6)44-35(50)31(25-12-9-8-10-13-25)43-33(48)29-22-41-18-19-42-29/h18-19,22,24-28,30-32H,7-17,20-21,23H2,1-6H3,(H,43,48)(H,44,50)(H,45,49)(H,46,52)/t26-,30+,31+,32-,39-,40-/m1/s1. The molecule has 5 aliphatic rings. The van der Waals surface area contributed by atoms with Crippen LogP contribution < -0.4 is 20.7 Å². The Balaban J connectivity index is 1.28. The highest BCUT2D eigenvalue weighted by molar-refractivity contribution is 7.91. The number of hydrogen-bond acceptors (Lipinski definition) is 9. The molecular weight excluding hydrogens is 723 g/mol. The zero-order valence-corrected chi connectivity index (χ0v) is 34.2. The molecule has 4 N–H and O–H groups in total. The predicted octanol–water partition coefficient (Wildman–Crippen LogP) is 3.62. The Morgan fingerprint density at radius 3 is 2.15 bits per heavy atom. The molecule has 6 rings (SSSR count). The molecule has 15 heteroatoms. The smallest absolute Gasteiger partial charge is 0.272 e. The van der Waals surface area contributed by atoms with Crippen molar-refractivity contribution in [1.82, 2.24) is 35.5 Å². The number of nitrogens with zero attached hydrogens (tertiary/aromatic N) is 3. The summed E-state index contributed by atoms with van der Waals surface area (Å²) in [5.74, 6) is -2.55. The molecule has 2 heterocycles. The Morgan fingerprint density at radius 2 is 1.62 bits per heavy atom. The maximum Gasteiger partial charge on any atom is 0.272 e. The van der Waals surface area contributed by atoms with E-state index in [4.69, 9.17) is 0 Å². The normalized spacial score (nSPS) is 28.5. The first-order valence-electron chi connectivity index (χ1n) is 20.5. The van der Waals surface area contributed by atoms with Crippen LogP contribution in [0.1, 0.15) is 136 Å². The Labute approximate surface area is 326 Å². The van der Waals surface area contributed by atoms with Crippen LogP contribution in [0.2, 0.25) is 0 Å². The first-order chi connectivity index (χ1) is 25.9. The molecule has 1 saturated heterocycles. The third-order valence-electron chi connectivity index (χ3n) is 13.5. The number of carbonyl (C=O) groups excluding carboxylic acids is 5. The fourth-order valence-corrected chi connectivity index (χ4v) is 10.8. The summed E-state index contributed by atoms with van der Waals surface area (Å²) >= 11 is 0. The number of likely N-dealkylation sites (tertiary alicyclic amines) is 1. The van der Waals surface area contributed by atoms with Crippen molar-refractivity contribution in [1.29, 1.82) is 0 Å². The van der Waals surface area contributed by atoms with E-state index in [0.29, 0.717) is 44.6 Å². The number of rotatable bonds is 14. The van der Waals surface area contributed by atoms with Crippen molar-refractivity contribution in [3.8, 4) is 0 Å². The van der Waals surface area contributed by atoms with E-state index >= 15 is 4.79 Å². The van der Waals surface area contributed by atoms with E-state index < -0.39 is 73.9 Å². The van der Waals surface area contributed by atoms with E-state index in [0.717, 1.165) is 51.4 Å². The largest absolute Gasteiger partial charge is 0.342 e. The molecule has 6 atom stereocenters. The van der Waals surface area contributed by atoms with Gasteiger partial charge >= 0.3 is 0 Å². The highest BCUT2D eigenvalue weighted by Crippen LogP contribution is 2.55. The van der Waals surface area contributed by atoms with E-state index in [1.165, 1.54) is 18.6 Å². The van der Waals surface area contributed by atoms with Gasteiger partial charge in [0.25, 0.3) is 11.8 Å². The highest BCUT2D eigenvalue weighted by Gasteiger charge is 2.63. The summed E-state index contributed by atoms with van der Waals surface area (Å²) < 4.78 is 27.9. The third kappa shape index (κ3) is 8.41. The molecule has 0 radical (unpaired) electrons. The van der Waals surface area contributed by atoms with Gasteiger partial charge in [0, 0.05) is 18.9 Å². The lowest BCUT2D eigenvalue weighted by molar-refractivity contribution is -0.145. The van der Waals surface area contributed by atoms with E-state index in [1.807, 2.05) is 27.7 Å². The molecule has 0 bridgehead atoms. The van der Waals surface area contributed by atoms with Crippen molar-refractivity contribution < 1.29 is 32.4 Å². The Morgan fingerprint density at radius 1 is 0.927 bits per heavy atom. The number of carbonyl (C=O) groups is 5. The molecule has 14 nitrogen and oxygen atoms in total. The van der Waals surface area contributed by atoms with Crippen LogP contribution in [0, 0.1) is 34.5 Å². The van der Waals surface area contributed by atoms with Gasteiger partial charge in [0.05, 0.1) is 11.4 Å². The zero-order chi connectivity index (χ0) is 39.9. The number of amides is 5. The molecule has 5 fully saturated rings. The van der Waals surface area contributed by atoms with Crippen LogP contribution in [0.5, 0.6) is 0 Å². The third-order valence-corrected chi connectivity index (χ3v) is 15.3. The van der Waals surface area contributed by atoms with Gasteiger partial charge in [-0.2, -0.15) is 0 Å². The SMILES string of the molecule is CC[C@@H]1C[C@]1(NC(=O)[C@@H]1C[C@@](C(C)C)(C2CCC2)CN1C(=O)[C@@H](NC(=O)[C@@H](NC(=O)c1cnccn1)C1CCCCC1)C(C)(C)C)C(=O)NS(=O)(=O)C1CC1. The molecule has 55 heavy (non-hydrogen) atoms. The lowest BCUT2D eigenvalue weighted by Gasteiger charge is -2.46. The second kappa shape index (κ2) is 15.7. The molecule has 1 aliphatic heterocycles. The van der Waals surface area contributed by atoms with Crippen LogP contribution in [0.25, 0.3) is 0 Å². The first kappa shape index (κ1) is 41.0. The van der Waals surface area contributed by atoms with Crippen molar-refractivity contribution in [2.45, 2.75) is 154 Å². The minimum absolute atomic E-state index is 0.0871. The van der Waals surface area contributed by atoms with E-state index in [9.17, 15) is 27.6 Å². The molecule has 4 aliphatic carbocycles. The monoisotopic (exact) mass is 783 g/mol. The summed E-state index contributed by atoms with van der Waals surface area (Å²) in [6.07, 6.45) is 13.9. The number of sulfonamides is 1. The molecule has 4 saturated carbocycles. The van der Waals surface area contributed by atoms with Crippen molar-refractivity contribution in [3.63, 3.8) is 0 Å². The van der Waals surface area contributed by atoms with Crippen LogP contribution in [0.3, 0.4) is 0 Å². The Kier molecular flexibility index (Phi) is 11.7. The van der Waals surface area contributed by atoms with Crippen LogP contribution in [-0.2, 0) is 29.2 Å². The Bertz CT molecular complexity index is 1740. The highest BCUT2D eigenvalue weighted by atomic mass is 32.2. The van der Waals surface area contributed by atoms with Gasteiger partial charge in [-0.05, 0) is 85.9 Å². The molecular formula is C40H61N7O7S. The topological polar surface area (TPSA) is 197 Å². The van der Waals surface area contributed by atoms with Crippen LogP contribution in [0.15, 0.2) is 18.6 Å². The molecule has 1 aromatic heterocycles. The summed E-state index contributed by atoms with van der Waals surface area (Å²) in [6, 6.07) is -2.91. The van der Waals surface area contributed by atoms with Gasteiger partial charge in [-0.3, -0.25) is 33.7 Å². The maximum atomic E-state index is 15.1. The molecule has 304 valence electrons. The fraction of sp³-hybridized carbons (Fsp3) is 0.775. The molecule has 1 aromatic rings. The molecule has 5 amide bonds. The number of aromatic nitrogens is 2. The number of hydrogen-bond donors (Lipinski definition) is 4. The zero-order valence-electron chi connectivity index (χ0n) is 33.4. The van der Waals surface area contributed by atoms with Gasteiger partial charge in [0.2, 0.25) is 27.7 Å². The van der Waals surface area contributed by atoms with E-state index in [-0.39, 0.29) is 28.9 Å². The quantitative estimate of drug-likeness (QED) is 0.218. The maximum absolute atomic E-state index is 15.1. The van der Waals surface area contributed by atoms with Gasteiger partial charge in [-0.25, -0.2) is 13.4 Å². The predicted molar refractivity (Wildman–Crippen MR) is 205 cm³/mol. The first-order valence-corrected chi connectivity index (χ1v) is 22.0. The summed E-state index contributed by atoms with van der Waals surface area (Å²) in [5, 5.41) is 8.36. The van der Waals surface area contributed by atoms with E-state index in [1.54, 1.807) is 4.90 Å². The summed E-state index contributed by atoms with van der Waals surface area (Å²) in [5.41, 5.74) is -2.45. The van der Waals surface area contributed by atoms with Crippen molar-refractivity contribution in [2.75, 3.05) is 6.54 Å². The van der Waals surface area contributed by atoms with Crippen molar-refractivity contribution >= 4 is 39.6 Å². The van der Waals surface area contributed by atoms with Gasteiger partial charge in [0.15, 0.2) is 0 Å². The average molecular weight is 784 g/mol. The van der Waals surface area contributed by atoms with Crippen molar-refractivity contribution in [2.24, 2.45) is 34.5 Å². The lowest BCUT2D eigenvalue weighted by atomic mass is 9.59. The van der Waals surface area contributed by atoms with Crippen LogP contribution >= 0.6 is 0 Å². The average Bonchev–Trinajstić information content (AvgIpc) is 4.05. The van der Waals surface area contributed by atoms with Crippen molar-refractivity contribution in [3.05, 3.63) is 24.3 Å². The van der Waals surface area contributed by atoms with Crippen LogP contribution in [-0.4, -0.2) is 88.3 Å². The van der Waals surface area contributed by atoms with E-state index in [2.05, 4.69) is 44.5 Å². The fourth-order valence-electron chi connectivity index (χ4n) is 9.44. The van der Waals surface area contributed by atoms with Gasteiger partial charge < -0.3 is 20.9 Å². The van der Waals surface area contributed by atoms with Gasteiger partial charge in [0.1, 0.15) is 29.4 Å². The molecule has 0 unspecified atom stereocenters. The van der Waals surface area contributed by atoms with Gasteiger partial charge in [-0.1, -0.05) is 73.6 Å². The molecule has 0 spiro atoms. The molecule has 0 aromatic carbocycles. The number of nitrogens with one attached hydrogen (secondary N) is 4. The van der Waals surface area contributed by atoms with Gasteiger partial charge in [-0.15, -0.1) is 0 Å². The lowest BCUT2D eigenvalue weighted by Crippen LogP contribution is -2.62. The summed E-state index contributed by atoms with van der Waals surface area (Å²) in [6.45, 7) is 12.1. The second-order valence-electron chi connectivity index (χ2n) is 18.4. The Hall–Kier alpha value is -3.62. The minimum atomic E-state index is -3.84. The second-order valence-corrected chi connectivity index (χ2v) is 20.4.